The Hall–Kier alpha value is -1.73. The number of amides is 1. The highest BCUT2D eigenvalue weighted by Gasteiger charge is 2.09. The average Bonchev–Trinajstić information content (AvgIpc) is 2.95. The van der Waals surface area contributed by atoms with E-state index < -0.39 is 0 Å². The number of aryl methyl sites for hydroxylation is 3. The quantitative estimate of drug-likeness (QED) is 0.858. The standard InChI is InChI=1S/C13H16ClN5OS/c1-4-5-11-16-17-13(21-11)15-10(20)7-6-9-8(2)18-19(3)12(9)14/h6-7H,4-5H2,1-3H3,(H,15,17,20)/b7-6+. The summed E-state index contributed by atoms with van der Waals surface area (Å²) in [6, 6.07) is 0. The lowest BCUT2D eigenvalue weighted by Crippen LogP contribution is -2.07. The predicted molar refractivity (Wildman–Crippen MR) is 84.5 cm³/mol. The third-order valence-corrected chi connectivity index (χ3v) is 4.11. The van der Waals surface area contributed by atoms with Crippen molar-refractivity contribution >= 4 is 40.1 Å². The van der Waals surface area contributed by atoms with Gasteiger partial charge in [0.25, 0.3) is 0 Å². The van der Waals surface area contributed by atoms with Crippen LogP contribution in [0.3, 0.4) is 0 Å². The van der Waals surface area contributed by atoms with Crippen molar-refractivity contribution in [1.29, 1.82) is 0 Å². The number of hydrogen-bond donors (Lipinski definition) is 1. The smallest absolute Gasteiger partial charge is 0.250 e. The fourth-order valence-corrected chi connectivity index (χ4v) is 2.84. The van der Waals surface area contributed by atoms with Gasteiger partial charge in [0.15, 0.2) is 0 Å². The van der Waals surface area contributed by atoms with Gasteiger partial charge in [0, 0.05) is 25.1 Å². The molecule has 6 nitrogen and oxygen atoms in total. The van der Waals surface area contributed by atoms with Gasteiger partial charge in [0.1, 0.15) is 10.2 Å². The van der Waals surface area contributed by atoms with E-state index in [2.05, 4.69) is 27.5 Å². The largest absolute Gasteiger partial charge is 0.297 e. The number of aromatic nitrogens is 4. The normalized spacial score (nSPS) is 11.2. The molecule has 0 saturated heterocycles. The van der Waals surface area contributed by atoms with Crippen LogP contribution in [0, 0.1) is 6.92 Å². The second-order valence-electron chi connectivity index (χ2n) is 4.49. The van der Waals surface area contributed by atoms with E-state index in [9.17, 15) is 4.79 Å². The Kier molecular flexibility index (Phi) is 5.08. The van der Waals surface area contributed by atoms with E-state index in [1.165, 1.54) is 17.4 Å². The van der Waals surface area contributed by atoms with E-state index in [-0.39, 0.29) is 5.91 Å². The molecule has 0 radical (unpaired) electrons. The van der Waals surface area contributed by atoms with Gasteiger partial charge in [-0.05, 0) is 19.4 Å². The van der Waals surface area contributed by atoms with Crippen molar-refractivity contribution in [1.82, 2.24) is 20.0 Å². The molecule has 1 N–H and O–H groups in total. The molecule has 112 valence electrons. The van der Waals surface area contributed by atoms with Crippen LogP contribution in [-0.4, -0.2) is 25.9 Å². The summed E-state index contributed by atoms with van der Waals surface area (Å²) in [4.78, 5) is 11.9. The number of rotatable bonds is 5. The zero-order valence-corrected chi connectivity index (χ0v) is 13.6. The van der Waals surface area contributed by atoms with Crippen molar-refractivity contribution < 1.29 is 4.79 Å². The van der Waals surface area contributed by atoms with Gasteiger partial charge < -0.3 is 0 Å². The first-order chi connectivity index (χ1) is 10.0. The maximum absolute atomic E-state index is 11.9. The molecule has 2 heterocycles. The second kappa shape index (κ2) is 6.82. The summed E-state index contributed by atoms with van der Waals surface area (Å²) in [7, 11) is 1.75. The van der Waals surface area contributed by atoms with E-state index in [0.717, 1.165) is 29.1 Å². The highest BCUT2D eigenvalue weighted by Crippen LogP contribution is 2.20. The van der Waals surface area contributed by atoms with Gasteiger partial charge in [0.2, 0.25) is 11.0 Å². The number of carbonyl (C=O) groups is 1. The molecular formula is C13H16ClN5OS. The minimum absolute atomic E-state index is 0.270. The van der Waals surface area contributed by atoms with Crippen LogP contribution in [0.25, 0.3) is 6.08 Å². The molecule has 0 atom stereocenters. The monoisotopic (exact) mass is 325 g/mol. The first-order valence-corrected chi connectivity index (χ1v) is 7.71. The Bertz CT molecular complexity index is 676. The van der Waals surface area contributed by atoms with Gasteiger partial charge >= 0.3 is 0 Å². The summed E-state index contributed by atoms with van der Waals surface area (Å²) in [5.41, 5.74) is 1.51. The van der Waals surface area contributed by atoms with Crippen molar-refractivity contribution in [3.05, 3.63) is 27.5 Å². The molecule has 8 heteroatoms. The van der Waals surface area contributed by atoms with Gasteiger partial charge in [0.05, 0.1) is 5.69 Å². The van der Waals surface area contributed by atoms with E-state index in [0.29, 0.717) is 10.3 Å². The highest BCUT2D eigenvalue weighted by molar-refractivity contribution is 7.15. The third kappa shape index (κ3) is 3.89. The van der Waals surface area contributed by atoms with Crippen LogP contribution in [0.15, 0.2) is 6.08 Å². The van der Waals surface area contributed by atoms with Crippen molar-refractivity contribution in [3.63, 3.8) is 0 Å². The van der Waals surface area contributed by atoms with Crippen LogP contribution in [-0.2, 0) is 18.3 Å². The highest BCUT2D eigenvalue weighted by atomic mass is 35.5. The SMILES string of the molecule is CCCc1nnc(NC(=O)/C=C/c2c(C)nn(C)c2Cl)s1. The molecule has 0 aliphatic rings. The Morgan fingerprint density at radius 3 is 2.86 bits per heavy atom. The maximum atomic E-state index is 11.9. The van der Waals surface area contributed by atoms with Crippen LogP contribution in [0.1, 0.15) is 29.6 Å². The third-order valence-electron chi connectivity index (χ3n) is 2.76. The van der Waals surface area contributed by atoms with Crippen molar-refractivity contribution in [2.75, 3.05) is 5.32 Å². The summed E-state index contributed by atoms with van der Waals surface area (Å²) < 4.78 is 1.57. The van der Waals surface area contributed by atoms with Crippen LogP contribution in [0.2, 0.25) is 5.15 Å². The summed E-state index contributed by atoms with van der Waals surface area (Å²) in [5.74, 6) is -0.270. The summed E-state index contributed by atoms with van der Waals surface area (Å²) in [6.07, 6.45) is 4.93. The maximum Gasteiger partial charge on any atom is 0.250 e. The number of nitrogens with one attached hydrogen (secondary N) is 1. The Labute approximate surface area is 131 Å². The molecule has 1 amide bonds. The molecule has 0 unspecified atom stereocenters. The fourth-order valence-electron chi connectivity index (χ4n) is 1.76. The van der Waals surface area contributed by atoms with Gasteiger partial charge in [-0.15, -0.1) is 10.2 Å². The van der Waals surface area contributed by atoms with Crippen LogP contribution in [0.4, 0.5) is 5.13 Å². The summed E-state index contributed by atoms with van der Waals surface area (Å²) in [5, 5.41) is 16.7. The number of halogens is 1. The number of carbonyl (C=O) groups excluding carboxylic acids is 1. The fraction of sp³-hybridized carbons (Fsp3) is 0.385. The van der Waals surface area contributed by atoms with Crippen molar-refractivity contribution in [3.8, 4) is 0 Å². The lowest BCUT2D eigenvalue weighted by atomic mass is 10.2. The predicted octanol–water partition coefficient (Wildman–Crippen LogP) is 2.84. The Balaban J connectivity index is 2.02. The number of nitrogens with zero attached hydrogens (tertiary/aromatic N) is 4. The molecule has 0 saturated carbocycles. The van der Waals surface area contributed by atoms with Crippen molar-refractivity contribution in [2.24, 2.45) is 7.05 Å². The number of hydrogen-bond acceptors (Lipinski definition) is 5. The molecule has 0 spiro atoms. The molecule has 0 aliphatic heterocycles. The van der Waals surface area contributed by atoms with Crippen LogP contribution < -0.4 is 5.32 Å². The molecular weight excluding hydrogens is 310 g/mol. The summed E-state index contributed by atoms with van der Waals surface area (Å²) in [6.45, 7) is 3.91. The first-order valence-electron chi connectivity index (χ1n) is 6.51. The minimum atomic E-state index is -0.270. The molecule has 0 fully saturated rings. The second-order valence-corrected chi connectivity index (χ2v) is 5.91. The molecule has 21 heavy (non-hydrogen) atoms. The van der Waals surface area contributed by atoms with Crippen LogP contribution in [0.5, 0.6) is 0 Å². The summed E-state index contributed by atoms with van der Waals surface area (Å²) >= 11 is 7.48. The Morgan fingerprint density at radius 2 is 2.24 bits per heavy atom. The molecule has 0 aliphatic carbocycles. The van der Waals surface area contributed by atoms with E-state index >= 15 is 0 Å². The molecule has 2 rings (SSSR count). The number of anilines is 1. The lowest BCUT2D eigenvalue weighted by Gasteiger charge is -1.95. The van der Waals surface area contributed by atoms with Gasteiger partial charge in [-0.3, -0.25) is 14.8 Å². The average molecular weight is 326 g/mol. The van der Waals surface area contributed by atoms with Gasteiger partial charge in [-0.2, -0.15) is 5.10 Å². The van der Waals surface area contributed by atoms with E-state index in [1.54, 1.807) is 17.8 Å². The zero-order chi connectivity index (χ0) is 15.4. The van der Waals surface area contributed by atoms with Gasteiger partial charge in [-0.1, -0.05) is 29.9 Å². The van der Waals surface area contributed by atoms with Crippen molar-refractivity contribution in [2.45, 2.75) is 26.7 Å². The molecule has 0 aromatic carbocycles. The van der Waals surface area contributed by atoms with Crippen LogP contribution >= 0.6 is 22.9 Å². The van der Waals surface area contributed by atoms with E-state index in [1.807, 2.05) is 6.92 Å². The topological polar surface area (TPSA) is 72.7 Å². The molecule has 2 aromatic rings. The Morgan fingerprint density at radius 1 is 1.48 bits per heavy atom. The van der Waals surface area contributed by atoms with E-state index in [4.69, 9.17) is 11.6 Å². The lowest BCUT2D eigenvalue weighted by molar-refractivity contribution is -0.111. The molecule has 2 aromatic heterocycles. The minimum Gasteiger partial charge on any atom is -0.297 e. The molecule has 0 bridgehead atoms. The van der Waals surface area contributed by atoms with Gasteiger partial charge in [-0.25, -0.2) is 0 Å². The first kappa shape index (κ1) is 15.7. The zero-order valence-electron chi connectivity index (χ0n) is 12.1.